The molecule has 1 aliphatic heterocycles. The van der Waals surface area contributed by atoms with Crippen molar-refractivity contribution in [2.45, 2.75) is 24.0 Å². The Labute approximate surface area is 197 Å². The van der Waals surface area contributed by atoms with Crippen LogP contribution in [0.2, 0.25) is 5.02 Å². The Morgan fingerprint density at radius 2 is 1.67 bits per heavy atom. The number of hydrogen-bond donors (Lipinski definition) is 2. The van der Waals surface area contributed by atoms with Crippen LogP contribution in [0.5, 0.6) is 0 Å². The zero-order valence-electron chi connectivity index (χ0n) is 18.1. The number of carbonyl (C=O) groups is 2. The van der Waals surface area contributed by atoms with Crippen LogP contribution in [-0.2, 0) is 24.3 Å². The van der Waals surface area contributed by atoms with Crippen LogP contribution >= 0.6 is 11.6 Å². The van der Waals surface area contributed by atoms with Crippen molar-refractivity contribution in [3.8, 4) is 0 Å². The summed E-state index contributed by atoms with van der Waals surface area (Å²) in [4.78, 5) is 28.6. The zero-order valence-corrected chi connectivity index (χ0v) is 19.6. The van der Waals surface area contributed by atoms with Gasteiger partial charge in [0.05, 0.1) is 11.0 Å². The van der Waals surface area contributed by atoms with Gasteiger partial charge in [-0.05, 0) is 43.3 Å². The number of rotatable bonds is 8. The number of halogens is 1. The molecule has 1 amide bonds. The number of sulfonamides is 1. The van der Waals surface area contributed by atoms with Crippen molar-refractivity contribution in [2.75, 3.05) is 37.7 Å². The normalized spacial score (nSPS) is 16.2. The molecular formula is C22H26ClN3O6S. The third kappa shape index (κ3) is 6.67. The average Bonchev–Trinajstić information content (AvgIpc) is 2.81. The van der Waals surface area contributed by atoms with E-state index in [0.29, 0.717) is 31.2 Å². The summed E-state index contributed by atoms with van der Waals surface area (Å²) in [6, 6.07) is 13.6. The SMILES string of the molecule is C[C@@H](O)[C@@H](NS(=O)(=O)c1ccc(Cl)cc1)C(=O)OCC(=O)N1CCN(c2ccccc2)CC1. The summed E-state index contributed by atoms with van der Waals surface area (Å²) < 4.78 is 32.3. The summed E-state index contributed by atoms with van der Waals surface area (Å²) in [5, 5.41) is 10.3. The number of aliphatic hydroxyl groups is 1. The molecule has 9 nitrogen and oxygen atoms in total. The molecule has 1 aliphatic rings. The lowest BCUT2D eigenvalue weighted by Crippen LogP contribution is -2.51. The van der Waals surface area contributed by atoms with Gasteiger partial charge in [0.1, 0.15) is 6.04 Å². The highest BCUT2D eigenvalue weighted by Crippen LogP contribution is 2.17. The van der Waals surface area contributed by atoms with Gasteiger partial charge in [-0.25, -0.2) is 8.42 Å². The Morgan fingerprint density at radius 3 is 2.24 bits per heavy atom. The number of benzene rings is 2. The molecule has 33 heavy (non-hydrogen) atoms. The summed E-state index contributed by atoms with van der Waals surface area (Å²) in [7, 11) is -4.13. The quantitative estimate of drug-likeness (QED) is 0.529. The molecule has 1 heterocycles. The second kappa shape index (κ2) is 11.0. The largest absolute Gasteiger partial charge is 0.454 e. The van der Waals surface area contributed by atoms with E-state index in [9.17, 15) is 23.1 Å². The molecule has 1 saturated heterocycles. The number of para-hydroxylation sites is 1. The molecule has 2 aromatic rings. The number of aliphatic hydroxyl groups excluding tert-OH is 1. The van der Waals surface area contributed by atoms with Gasteiger partial charge in [0.2, 0.25) is 10.0 Å². The first kappa shape index (κ1) is 25.0. The van der Waals surface area contributed by atoms with E-state index in [2.05, 4.69) is 9.62 Å². The third-order valence-electron chi connectivity index (χ3n) is 5.23. The monoisotopic (exact) mass is 495 g/mol. The molecule has 0 spiro atoms. The van der Waals surface area contributed by atoms with Gasteiger partial charge >= 0.3 is 5.97 Å². The van der Waals surface area contributed by atoms with Crippen molar-refractivity contribution < 1.29 is 27.9 Å². The lowest BCUT2D eigenvalue weighted by molar-refractivity contribution is -0.155. The van der Waals surface area contributed by atoms with Gasteiger partial charge in [-0.15, -0.1) is 0 Å². The first-order valence-corrected chi connectivity index (χ1v) is 12.2. The molecule has 2 aromatic carbocycles. The molecule has 0 aromatic heterocycles. The van der Waals surface area contributed by atoms with Crippen molar-refractivity contribution in [1.82, 2.24) is 9.62 Å². The van der Waals surface area contributed by atoms with Gasteiger partial charge in [0.25, 0.3) is 5.91 Å². The van der Waals surface area contributed by atoms with E-state index in [4.69, 9.17) is 16.3 Å². The average molecular weight is 496 g/mol. The highest BCUT2D eigenvalue weighted by Gasteiger charge is 2.32. The van der Waals surface area contributed by atoms with Crippen molar-refractivity contribution in [1.29, 1.82) is 0 Å². The van der Waals surface area contributed by atoms with Gasteiger partial charge in [0, 0.05) is 36.9 Å². The summed E-state index contributed by atoms with van der Waals surface area (Å²) in [6.07, 6.45) is -1.39. The summed E-state index contributed by atoms with van der Waals surface area (Å²) in [5.74, 6) is -1.43. The van der Waals surface area contributed by atoms with Gasteiger partial charge in [-0.2, -0.15) is 4.72 Å². The van der Waals surface area contributed by atoms with Crippen LogP contribution < -0.4 is 9.62 Å². The van der Waals surface area contributed by atoms with Gasteiger partial charge < -0.3 is 19.6 Å². The second-order valence-electron chi connectivity index (χ2n) is 7.60. The maximum atomic E-state index is 12.5. The molecular weight excluding hydrogens is 470 g/mol. The van der Waals surface area contributed by atoms with Crippen molar-refractivity contribution in [3.63, 3.8) is 0 Å². The van der Waals surface area contributed by atoms with Crippen LogP contribution in [0, 0.1) is 0 Å². The second-order valence-corrected chi connectivity index (χ2v) is 9.75. The maximum Gasteiger partial charge on any atom is 0.327 e. The minimum Gasteiger partial charge on any atom is -0.454 e. The van der Waals surface area contributed by atoms with E-state index in [0.717, 1.165) is 5.69 Å². The number of esters is 1. The van der Waals surface area contributed by atoms with Gasteiger partial charge in [-0.1, -0.05) is 29.8 Å². The predicted molar refractivity (Wildman–Crippen MR) is 123 cm³/mol. The van der Waals surface area contributed by atoms with Crippen molar-refractivity contribution >= 4 is 39.2 Å². The number of carbonyl (C=O) groups excluding carboxylic acids is 2. The van der Waals surface area contributed by atoms with E-state index in [-0.39, 0.29) is 10.8 Å². The highest BCUT2D eigenvalue weighted by atomic mass is 35.5. The first-order chi connectivity index (χ1) is 15.7. The standard InChI is InChI=1S/C22H26ClN3O6S/c1-16(27)21(24-33(30,31)19-9-7-17(23)8-10-19)22(29)32-15-20(28)26-13-11-25(12-14-26)18-5-3-2-4-6-18/h2-10,16,21,24,27H,11-15H2,1H3/t16-,21-/m1/s1. The molecule has 0 saturated carbocycles. The summed E-state index contributed by atoms with van der Waals surface area (Å²) in [6.45, 7) is 2.92. The maximum absolute atomic E-state index is 12.5. The Bertz CT molecular complexity index is 1060. The lowest BCUT2D eigenvalue weighted by Gasteiger charge is -2.36. The van der Waals surface area contributed by atoms with Crippen LogP contribution in [0.4, 0.5) is 5.69 Å². The summed E-state index contributed by atoms with van der Waals surface area (Å²) >= 11 is 5.77. The molecule has 178 valence electrons. The number of ether oxygens (including phenoxy) is 1. The topological polar surface area (TPSA) is 116 Å². The molecule has 1 fully saturated rings. The minimum atomic E-state index is -4.13. The van der Waals surface area contributed by atoms with Crippen LogP contribution in [0.1, 0.15) is 6.92 Å². The molecule has 0 aliphatic carbocycles. The van der Waals surface area contributed by atoms with Crippen molar-refractivity contribution in [2.24, 2.45) is 0 Å². The molecule has 0 radical (unpaired) electrons. The number of anilines is 1. The zero-order chi connectivity index (χ0) is 24.0. The summed E-state index contributed by atoms with van der Waals surface area (Å²) in [5.41, 5.74) is 1.07. The van der Waals surface area contributed by atoms with E-state index in [1.807, 2.05) is 30.3 Å². The fourth-order valence-electron chi connectivity index (χ4n) is 3.36. The number of nitrogens with one attached hydrogen (secondary N) is 1. The molecule has 11 heteroatoms. The van der Waals surface area contributed by atoms with Crippen molar-refractivity contribution in [3.05, 3.63) is 59.6 Å². The third-order valence-corrected chi connectivity index (χ3v) is 6.94. The predicted octanol–water partition coefficient (Wildman–Crippen LogP) is 1.26. The minimum absolute atomic E-state index is 0.127. The number of piperazine rings is 1. The lowest BCUT2D eigenvalue weighted by atomic mass is 10.2. The van der Waals surface area contributed by atoms with Crippen LogP contribution in [-0.4, -0.2) is 75.2 Å². The smallest absolute Gasteiger partial charge is 0.327 e. The Morgan fingerprint density at radius 1 is 1.06 bits per heavy atom. The number of amides is 1. The molecule has 2 atom stereocenters. The van der Waals surface area contributed by atoms with Crippen LogP contribution in [0.25, 0.3) is 0 Å². The van der Waals surface area contributed by atoms with Gasteiger partial charge in [-0.3, -0.25) is 9.59 Å². The van der Waals surface area contributed by atoms with Gasteiger partial charge in [0.15, 0.2) is 6.61 Å². The Kier molecular flexibility index (Phi) is 8.30. The Balaban J connectivity index is 1.53. The van der Waals surface area contributed by atoms with Crippen LogP contribution in [0.3, 0.4) is 0 Å². The van der Waals surface area contributed by atoms with E-state index in [1.54, 1.807) is 4.90 Å². The highest BCUT2D eigenvalue weighted by molar-refractivity contribution is 7.89. The molecule has 3 rings (SSSR count). The van der Waals surface area contributed by atoms with E-state index >= 15 is 0 Å². The first-order valence-electron chi connectivity index (χ1n) is 10.4. The van der Waals surface area contributed by atoms with E-state index < -0.39 is 34.7 Å². The number of nitrogens with zero attached hydrogens (tertiary/aromatic N) is 2. The molecule has 2 N–H and O–H groups in total. The molecule has 0 unspecified atom stereocenters. The molecule has 0 bridgehead atoms. The fraction of sp³-hybridized carbons (Fsp3) is 0.364. The number of hydrogen-bond acceptors (Lipinski definition) is 7. The Hall–Kier alpha value is -2.66. The fourth-order valence-corrected chi connectivity index (χ4v) is 4.74. The van der Waals surface area contributed by atoms with Crippen LogP contribution in [0.15, 0.2) is 59.5 Å². The van der Waals surface area contributed by atoms with E-state index in [1.165, 1.54) is 31.2 Å².